The van der Waals surface area contributed by atoms with E-state index in [1.165, 1.54) is 30.5 Å². The quantitative estimate of drug-likeness (QED) is 0.878. The molecular formula is C16H26N2. The van der Waals surface area contributed by atoms with E-state index in [1.54, 1.807) is 0 Å². The molecule has 1 aromatic rings. The number of nitrogens with one attached hydrogen (secondary N) is 1. The molecule has 0 bridgehead atoms. The van der Waals surface area contributed by atoms with E-state index in [2.05, 4.69) is 48.3 Å². The van der Waals surface area contributed by atoms with Gasteiger partial charge in [-0.25, -0.2) is 0 Å². The van der Waals surface area contributed by atoms with Crippen molar-refractivity contribution in [2.45, 2.75) is 45.8 Å². The van der Waals surface area contributed by atoms with Crippen molar-refractivity contribution in [2.24, 2.45) is 5.92 Å². The zero-order valence-corrected chi connectivity index (χ0v) is 11.9. The highest BCUT2D eigenvalue weighted by molar-refractivity contribution is 5.27. The molecule has 0 saturated carbocycles. The molecule has 1 heterocycles. The van der Waals surface area contributed by atoms with Crippen molar-refractivity contribution in [3.05, 3.63) is 35.4 Å². The minimum atomic E-state index is 0.726. The number of benzene rings is 1. The summed E-state index contributed by atoms with van der Waals surface area (Å²) < 4.78 is 0. The van der Waals surface area contributed by atoms with Gasteiger partial charge >= 0.3 is 0 Å². The van der Waals surface area contributed by atoms with Crippen LogP contribution in [0.4, 0.5) is 0 Å². The van der Waals surface area contributed by atoms with E-state index >= 15 is 0 Å². The van der Waals surface area contributed by atoms with Crippen LogP contribution in [-0.4, -0.2) is 24.5 Å². The van der Waals surface area contributed by atoms with Gasteiger partial charge in [0.05, 0.1) is 0 Å². The Labute approximate surface area is 111 Å². The van der Waals surface area contributed by atoms with Gasteiger partial charge in [-0.05, 0) is 43.9 Å². The second kappa shape index (κ2) is 6.35. The number of nitrogens with zero attached hydrogens (tertiary/aromatic N) is 1. The first-order valence-corrected chi connectivity index (χ1v) is 7.16. The Bertz CT molecular complexity index is 375. The highest BCUT2D eigenvalue weighted by Crippen LogP contribution is 2.24. The second-order valence-electron chi connectivity index (χ2n) is 5.76. The lowest BCUT2D eigenvalue weighted by atomic mass is 9.94. The lowest BCUT2D eigenvalue weighted by Crippen LogP contribution is -2.40. The minimum Gasteiger partial charge on any atom is -0.316 e. The van der Waals surface area contributed by atoms with Crippen molar-refractivity contribution in [1.29, 1.82) is 0 Å². The summed E-state index contributed by atoms with van der Waals surface area (Å²) in [6.07, 6.45) is 2.73. The number of piperidine rings is 1. The van der Waals surface area contributed by atoms with E-state index in [4.69, 9.17) is 0 Å². The molecule has 18 heavy (non-hydrogen) atoms. The Hall–Kier alpha value is -0.860. The molecule has 2 unspecified atom stereocenters. The first-order valence-electron chi connectivity index (χ1n) is 7.16. The second-order valence-corrected chi connectivity index (χ2v) is 5.76. The summed E-state index contributed by atoms with van der Waals surface area (Å²) in [5, 5.41) is 3.26. The molecule has 0 amide bonds. The van der Waals surface area contributed by atoms with Crippen LogP contribution in [0.25, 0.3) is 0 Å². The van der Waals surface area contributed by atoms with Crippen LogP contribution in [-0.2, 0) is 13.1 Å². The van der Waals surface area contributed by atoms with Gasteiger partial charge in [0, 0.05) is 25.7 Å². The molecule has 1 aliphatic heterocycles. The maximum atomic E-state index is 3.26. The highest BCUT2D eigenvalue weighted by atomic mass is 15.2. The molecule has 1 fully saturated rings. The average Bonchev–Trinajstić information content (AvgIpc) is 2.36. The van der Waals surface area contributed by atoms with Crippen molar-refractivity contribution < 1.29 is 0 Å². The first kappa shape index (κ1) is 13.6. The lowest BCUT2D eigenvalue weighted by molar-refractivity contribution is 0.117. The van der Waals surface area contributed by atoms with Crippen LogP contribution in [0, 0.1) is 5.92 Å². The van der Waals surface area contributed by atoms with E-state index < -0.39 is 0 Å². The number of likely N-dealkylation sites (tertiary alicyclic amines) is 1. The molecule has 2 heteroatoms. The molecule has 0 aliphatic carbocycles. The van der Waals surface area contributed by atoms with Crippen LogP contribution in [0.5, 0.6) is 0 Å². The van der Waals surface area contributed by atoms with Gasteiger partial charge in [0.25, 0.3) is 0 Å². The predicted octanol–water partition coefficient (Wildman–Crippen LogP) is 3.03. The topological polar surface area (TPSA) is 15.3 Å². The summed E-state index contributed by atoms with van der Waals surface area (Å²) in [4.78, 5) is 2.64. The highest BCUT2D eigenvalue weighted by Gasteiger charge is 2.23. The number of hydrogen-bond acceptors (Lipinski definition) is 2. The van der Waals surface area contributed by atoms with Crippen LogP contribution in [0.3, 0.4) is 0 Å². The molecule has 2 rings (SSSR count). The summed E-state index contributed by atoms with van der Waals surface area (Å²) >= 11 is 0. The summed E-state index contributed by atoms with van der Waals surface area (Å²) in [5.74, 6) is 0.845. The average molecular weight is 246 g/mol. The predicted molar refractivity (Wildman–Crippen MR) is 77.5 cm³/mol. The van der Waals surface area contributed by atoms with Crippen molar-refractivity contribution in [2.75, 3.05) is 13.6 Å². The largest absolute Gasteiger partial charge is 0.316 e. The van der Waals surface area contributed by atoms with Crippen molar-refractivity contribution in [1.82, 2.24) is 10.2 Å². The summed E-state index contributed by atoms with van der Waals surface area (Å²) in [6.45, 7) is 8.05. The maximum absolute atomic E-state index is 3.26. The lowest BCUT2D eigenvalue weighted by Gasteiger charge is -2.37. The third-order valence-electron chi connectivity index (χ3n) is 4.11. The fourth-order valence-corrected chi connectivity index (χ4v) is 2.89. The van der Waals surface area contributed by atoms with Gasteiger partial charge in [0.15, 0.2) is 0 Å². The van der Waals surface area contributed by atoms with E-state index in [-0.39, 0.29) is 0 Å². The third-order valence-corrected chi connectivity index (χ3v) is 4.11. The fraction of sp³-hybridized carbons (Fsp3) is 0.625. The van der Waals surface area contributed by atoms with Gasteiger partial charge in [0.1, 0.15) is 0 Å². The van der Waals surface area contributed by atoms with E-state index in [9.17, 15) is 0 Å². The van der Waals surface area contributed by atoms with Crippen LogP contribution < -0.4 is 5.32 Å². The Morgan fingerprint density at radius 3 is 2.61 bits per heavy atom. The molecule has 1 saturated heterocycles. The summed E-state index contributed by atoms with van der Waals surface area (Å²) in [6, 6.07) is 9.54. The van der Waals surface area contributed by atoms with Crippen molar-refractivity contribution >= 4 is 0 Å². The van der Waals surface area contributed by atoms with Crippen LogP contribution >= 0.6 is 0 Å². The Balaban J connectivity index is 2.07. The van der Waals surface area contributed by atoms with Crippen molar-refractivity contribution in [3.63, 3.8) is 0 Å². The van der Waals surface area contributed by atoms with Crippen molar-refractivity contribution in [3.8, 4) is 0 Å². The fourth-order valence-electron chi connectivity index (χ4n) is 2.89. The standard InChI is InChI=1S/C16H26N2/c1-13-8-9-14(2)18(11-13)12-16-7-5-4-6-15(16)10-17-3/h4-7,13-14,17H,8-12H2,1-3H3. The molecule has 1 aliphatic rings. The first-order chi connectivity index (χ1) is 8.70. The SMILES string of the molecule is CNCc1ccccc1CN1CC(C)CCC1C. The van der Waals surface area contributed by atoms with Crippen LogP contribution in [0.1, 0.15) is 37.8 Å². The molecule has 0 radical (unpaired) electrons. The van der Waals surface area contributed by atoms with Gasteiger partial charge in [-0.3, -0.25) is 4.90 Å². The maximum Gasteiger partial charge on any atom is 0.0239 e. The molecular weight excluding hydrogens is 220 g/mol. The zero-order chi connectivity index (χ0) is 13.0. The summed E-state index contributed by atoms with van der Waals surface area (Å²) in [7, 11) is 2.02. The Morgan fingerprint density at radius 2 is 1.89 bits per heavy atom. The molecule has 2 atom stereocenters. The smallest absolute Gasteiger partial charge is 0.0239 e. The minimum absolute atomic E-state index is 0.726. The third kappa shape index (κ3) is 3.33. The van der Waals surface area contributed by atoms with Gasteiger partial charge in [0.2, 0.25) is 0 Å². The molecule has 2 nitrogen and oxygen atoms in total. The normalized spacial score (nSPS) is 25.3. The molecule has 1 N–H and O–H groups in total. The molecule has 0 aromatic heterocycles. The molecule has 0 spiro atoms. The Kier molecular flexibility index (Phi) is 4.79. The van der Waals surface area contributed by atoms with Crippen LogP contribution in [0.2, 0.25) is 0 Å². The summed E-state index contributed by atoms with van der Waals surface area (Å²) in [5.41, 5.74) is 2.92. The van der Waals surface area contributed by atoms with Gasteiger partial charge in [-0.15, -0.1) is 0 Å². The zero-order valence-electron chi connectivity index (χ0n) is 11.9. The molecule has 1 aromatic carbocycles. The monoisotopic (exact) mass is 246 g/mol. The van der Waals surface area contributed by atoms with E-state index in [0.29, 0.717) is 0 Å². The van der Waals surface area contributed by atoms with Gasteiger partial charge in [-0.1, -0.05) is 31.2 Å². The Morgan fingerprint density at radius 1 is 1.17 bits per heavy atom. The van der Waals surface area contributed by atoms with Gasteiger partial charge in [-0.2, -0.15) is 0 Å². The molecule has 100 valence electrons. The number of hydrogen-bond donors (Lipinski definition) is 1. The van der Waals surface area contributed by atoms with E-state index in [1.807, 2.05) is 7.05 Å². The van der Waals surface area contributed by atoms with Gasteiger partial charge < -0.3 is 5.32 Å². The van der Waals surface area contributed by atoms with Crippen LogP contribution in [0.15, 0.2) is 24.3 Å². The van der Waals surface area contributed by atoms with E-state index in [0.717, 1.165) is 25.0 Å². The number of rotatable bonds is 4.